The number of nitrogens with two attached hydrogens (primary N) is 1. The van der Waals surface area contributed by atoms with Crippen molar-refractivity contribution in [1.82, 2.24) is 0 Å². The Kier molecular flexibility index (Phi) is 4.37. The minimum Gasteiger partial charge on any atom is -0.330 e. The van der Waals surface area contributed by atoms with Gasteiger partial charge in [-0.1, -0.05) is 12.1 Å². The van der Waals surface area contributed by atoms with Crippen molar-refractivity contribution < 1.29 is 4.79 Å². The van der Waals surface area contributed by atoms with Crippen LogP contribution in [0.2, 0.25) is 0 Å². The number of hydrogen-bond donors (Lipinski definition) is 1. The van der Waals surface area contributed by atoms with Gasteiger partial charge >= 0.3 is 0 Å². The van der Waals surface area contributed by atoms with Crippen molar-refractivity contribution in [3.05, 3.63) is 29.8 Å². The van der Waals surface area contributed by atoms with Gasteiger partial charge in [-0.25, -0.2) is 0 Å². The average molecular weight is 246 g/mol. The smallest absolute Gasteiger partial charge is 0.227 e. The first kappa shape index (κ1) is 13.1. The molecule has 0 bridgehead atoms. The van der Waals surface area contributed by atoms with Crippen LogP contribution >= 0.6 is 0 Å². The third-order valence-corrected chi connectivity index (χ3v) is 3.36. The summed E-state index contributed by atoms with van der Waals surface area (Å²) < 4.78 is 0. The van der Waals surface area contributed by atoms with Gasteiger partial charge < -0.3 is 10.6 Å². The molecule has 3 heteroatoms. The van der Waals surface area contributed by atoms with Crippen LogP contribution in [0, 0.1) is 12.8 Å². The normalized spacial score (nSPS) is 14.6. The van der Waals surface area contributed by atoms with E-state index in [4.69, 9.17) is 5.73 Å². The summed E-state index contributed by atoms with van der Waals surface area (Å²) in [6.07, 6.45) is 3.97. The molecule has 1 aliphatic rings. The summed E-state index contributed by atoms with van der Waals surface area (Å²) >= 11 is 0. The summed E-state index contributed by atoms with van der Waals surface area (Å²) in [5.74, 6) is 0.874. The fraction of sp³-hybridized carbons (Fsp3) is 0.533. The molecule has 0 radical (unpaired) electrons. The quantitative estimate of drug-likeness (QED) is 0.838. The number of carbonyl (C=O) groups excluding carboxylic acids is 1. The predicted octanol–water partition coefficient (Wildman–Crippen LogP) is 2.48. The molecule has 1 aromatic rings. The van der Waals surface area contributed by atoms with Crippen molar-refractivity contribution in [3.8, 4) is 0 Å². The highest BCUT2D eigenvalue weighted by atomic mass is 16.2. The fourth-order valence-electron chi connectivity index (χ4n) is 2.12. The van der Waals surface area contributed by atoms with Crippen LogP contribution in [0.15, 0.2) is 24.3 Å². The molecule has 0 aromatic heterocycles. The van der Waals surface area contributed by atoms with Gasteiger partial charge in [0.15, 0.2) is 0 Å². The van der Waals surface area contributed by atoms with E-state index in [1.54, 1.807) is 0 Å². The first-order chi connectivity index (χ1) is 8.70. The zero-order valence-electron chi connectivity index (χ0n) is 11.1. The molecular formula is C15H22N2O. The Balaban J connectivity index is 2.09. The molecule has 0 heterocycles. The topological polar surface area (TPSA) is 46.3 Å². The molecule has 1 saturated carbocycles. The highest BCUT2D eigenvalue weighted by Crippen LogP contribution is 2.33. The van der Waals surface area contributed by atoms with Gasteiger partial charge in [-0.2, -0.15) is 0 Å². The van der Waals surface area contributed by atoms with Crippen LogP contribution in [0.5, 0.6) is 0 Å². The predicted molar refractivity (Wildman–Crippen MR) is 74.5 cm³/mol. The molecule has 98 valence electrons. The minimum atomic E-state index is 0.247. The van der Waals surface area contributed by atoms with Crippen LogP contribution in [0.3, 0.4) is 0 Å². The van der Waals surface area contributed by atoms with E-state index in [-0.39, 0.29) is 5.91 Å². The highest BCUT2D eigenvalue weighted by Gasteiger charge is 2.27. The van der Waals surface area contributed by atoms with Gasteiger partial charge in [-0.15, -0.1) is 0 Å². The molecule has 1 amide bonds. The lowest BCUT2D eigenvalue weighted by Crippen LogP contribution is -2.33. The van der Waals surface area contributed by atoms with E-state index in [0.717, 1.165) is 18.7 Å². The monoisotopic (exact) mass is 246 g/mol. The van der Waals surface area contributed by atoms with E-state index in [1.807, 2.05) is 17.0 Å². The zero-order chi connectivity index (χ0) is 13.0. The first-order valence-electron chi connectivity index (χ1n) is 6.78. The Hall–Kier alpha value is -1.35. The van der Waals surface area contributed by atoms with Crippen LogP contribution in [0.1, 0.15) is 31.2 Å². The average Bonchev–Trinajstić information content (AvgIpc) is 3.13. The van der Waals surface area contributed by atoms with Crippen molar-refractivity contribution >= 4 is 11.6 Å². The molecule has 1 fully saturated rings. The lowest BCUT2D eigenvalue weighted by molar-refractivity contribution is -0.118. The van der Waals surface area contributed by atoms with Crippen molar-refractivity contribution in [3.63, 3.8) is 0 Å². The molecule has 0 spiro atoms. The van der Waals surface area contributed by atoms with Gasteiger partial charge in [0, 0.05) is 18.7 Å². The summed E-state index contributed by atoms with van der Waals surface area (Å²) in [6, 6.07) is 8.14. The Morgan fingerprint density at radius 1 is 1.44 bits per heavy atom. The number of aryl methyl sites for hydroxylation is 1. The standard InChI is InChI=1S/C15H22N2O/c1-12-4-2-5-14(10-12)17(9-3-8-16)15(18)11-13-6-7-13/h2,4-5,10,13H,3,6-9,11,16H2,1H3. The van der Waals surface area contributed by atoms with Crippen LogP contribution in [0.25, 0.3) is 0 Å². The summed E-state index contributed by atoms with van der Waals surface area (Å²) in [4.78, 5) is 14.2. The van der Waals surface area contributed by atoms with Crippen molar-refractivity contribution in [2.75, 3.05) is 18.0 Å². The van der Waals surface area contributed by atoms with E-state index in [0.29, 0.717) is 18.9 Å². The Bertz CT molecular complexity index is 413. The molecule has 18 heavy (non-hydrogen) atoms. The number of amides is 1. The molecule has 0 aliphatic heterocycles. The number of carbonyl (C=O) groups is 1. The van der Waals surface area contributed by atoms with Gasteiger partial charge in [0.1, 0.15) is 0 Å². The number of anilines is 1. The molecular weight excluding hydrogens is 224 g/mol. The summed E-state index contributed by atoms with van der Waals surface area (Å²) in [5, 5.41) is 0. The molecule has 2 N–H and O–H groups in total. The second-order valence-electron chi connectivity index (χ2n) is 5.17. The van der Waals surface area contributed by atoms with Crippen molar-refractivity contribution in [1.29, 1.82) is 0 Å². The molecule has 3 nitrogen and oxygen atoms in total. The SMILES string of the molecule is Cc1cccc(N(CCCN)C(=O)CC2CC2)c1. The lowest BCUT2D eigenvalue weighted by Gasteiger charge is -2.23. The third kappa shape index (κ3) is 3.57. The third-order valence-electron chi connectivity index (χ3n) is 3.36. The second-order valence-corrected chi connectivity index (χ2v) is 5.17. The second kappa shape index (κ2) is 6.01. The van der Waals surface area contributed by atoms with E-state index < -0.39 is 0 Å². The number of hydrogen-bond acceptors (Lipinski definition) is 2. The number of rotatable bonds is 6. The molecule has 1 aliphatic carbocycles. The largest absolute Gasteiger partial charge is 0.330 e. The van der Waals surface area contributed by atoms with Crippen molar-refractivity contribution in [2.24, 2.45) is 11.7 Å². The van der Waals surface area contributed by atoms with E-state index in [2.05, 4.69) is 19.1 Å². The summed E-state index contributed by atoms with van der Waals surface area (Å²) in [7, 11) is 0. The molecule has 2 rings (SSSR count). The van der Waals surface area contributed by atoms with E-state index in [9.17, 15) is 4.79 Å². The number of nitrogens with zero attached hydrogens (tertiary/aromatic N) is 1. The van der Waals surface area contributed by atoms with Crippen LogP contribution in [-0.4, -0.2) is 19.0 Å². The molecule has 0 saturated heterocycles. The van der Waals surface area contributed by atoms with Gasteiger partial charge in [-0.05, 0) is 56.3 Å². The maximum atomic E-state index is 12.3. The van der Waals surface area contributed by atoms with Gasteiger partial charge in [0.2, 0.25) is 5.91 Å². The molecule has 0 atom stereocenters. The molecule has 0 unspecified atom stereocenters. The van der Waals surface area contributed by atoms with E-state index >= 15 is 0 Å². The fourth-order valence-corrected chi connectivity index (χ4v) is 2.12. The first-order valence-corrected chi connectivity index (χ1v) is 6.78. The zero-order valence-corrected chi connectivity index (χ0v) is 11.1. The van der Waals surface area contributed by atoms with E-state index in [1.165, 1.54) is 18.4 Å². The Labute approximate surface area is 109 Å². The molecule has 1 aromatic carbocycles. The maximum absolute atomic E-state index is 12.3. The van der Waals surface area contributed by atoms with Crippen LogP contribution < -0.4 is 10.6 Å². The minimum absolute atomic E-state index is 0.247. The maximum Gasteiger partial charge on any atom is 0.227 e. The Morgan fingerprint density at radius 3 is 2.83 bits per heavy atom. The van der Waals surface area contributed by atoms with Gasteiger partial charge in [0.05, 0.1) is 0 Å². The van der Waals surface area contributed by atoms with Crippen molar-refractivity contribution in [2.45, 2.75) is 32.6 Å². The summed E-state index contributed by atoms with van der Waals surface area (Å²) in [5.41, 5.74) is 7.75. The van der Waals surface area contributed by atoms with Crippen LogP contribution in [0.4, 0.5) is 5.69 Å². The Morgan fingerprint density at radius 2 is 2.22 bits per heavy atom. The van der Waals surface area contributed by atoms with Gasteiger partial charge in [-0.3, -0.25) is 4.79 Å². The van der Waals surface area contributed by atoms with Crippen LogP contribution in [-0.2, 0) is 4.79 Å². The highest BCUT2D eigenvalue weighted by molar-refractivity contribution is 5.93. The lowest BCUT2D eigenvalue weighted by atomic mass is 10.1. The van der Waals surface area contributed by atoms with Gasteiger partial charge in [0.25, 0.3) is 0 Å². The summed E-state index contributed by atoms with van der Waals surface area (Å²) in [6.45, 7) is 3.40. The number of benzene rings is 1.